The third-order valence-corrected chi connectivity index (χ3v) is 3.23. The minimum absolute atomic E-state index is 0.0266. The largest absolute Gasteiger partial charge is 0.393 e. The van der Waals surface area contributed by atoms with Crippen molar-refractivity contribution in [2.45, 2.75) is 31.8 Å². The van der Waals surface area contributed by atoms with E-state index in [1.165, 1.54) is 5.56 Å². The number of fused-ring (bicyclic) bond motifs is 4. The monoisotopic (exact) mass is 233 g/mol. The number of hydrogen-bond donors (Lipinski definition) is 2. The average molecular weight is 233 g/mol. The molecular weight excluding hydrogens is 214 g/mol. The van der Waals surface area contributed by atoms with Crippen LogP contribution in [0.2, 0.25) is 0 Å². The molecule has 1 aromatic carbocycles. The summed E-state index contributed by atoms with van der Waals surface area (Å²) in [4.78, 5) is 11.1. The summed E-state index contributed by atoms with van der Waals surface area (Å²) in [5.41, 5.74) is 2.14. The van der Waals surface area contributed by atoms with E-state index in [0.29, 0.717) is 6.42 Å². The summed E-state index contributed by atoms with van der Waals surface area (Å²) in [5, 5.41) is 12.0. The second-order valence-electron chi connectivity index (χ2n) is 4.60. The number of benzene rings is 1. The van der Waals surface area contributed by atoms with Gasteiger partial charge in [0, 0.05) is 12.0 Å². The van der Waals surface area contributed by atoms with Crippen molar-refractivity contribution in [3.63, 3.8) is 0 Å². The number of aliphatic hydroxyl groups excluding tert-OH is 1. The zero-order valence-corrected chi connectivity index (χ0v) is 9.98. The number of carbonyl (C=O) groups is 1. The SMILES string of the molecule is O=C1CCc2ccc1cc2.OC1CCNCC1. The van der Waals surface area contributed by atoms with Gasteiger partial charge in [0.15, 0.2) is 5.78 Å². The lowest BCUT2D eigenvalue weighted by Crippen LogP contribution is -2.30. The van der Waals surface area contributed by atoms with Crippen molar-refractivity contribution >= 4 is 5.78 Å². The zero-order valence-electron chi connectivity index (χ0n) is 9.98. The summed E-state index contributed by atoms with van der Waals surface area (Å²) in [6.45, 7) is 1.97. The van der Waals surface area contributed by atoms with Gasteiger partial charge in [0.2, 0.25) is 0 Å². The Hall–Kier alpha value is -1.19. The molecule has 0 spiro atoms. The van der Waals surface area contributed by atoms with Crippen LogP contribution >= 0.6 is 0 Å². The summed E-state index contributed by atoms with van der Waals surface area (Å²) in [5.74, 6) is 0.278. The van der Waals surface area contributed by atoms with Gasteiger partial charge in [-0.15, -0.1) is 0 Å². The topological polar surface area (TPSA) is 49.3 Å². The standard InChI is InChI=1S/C9H8O.C5H11NO/c10-9-6-3-7-1-4-8(9)5-2-7;7-5-1-3-6-4-2-5/h1-2,4-5H,3,6H2;5-7H,1-4H2. The number of nitrogens with one attached hydrogen (secondary N) is 1. The Morgan fingerprint density at radius 3 is 2.24 bits per heavy atom. The molecule has 17 heavy (non-hydrogen) atoms. The van der Waals surface area contributed by atoms with E-state index in [-0.39, 0.29) is 11.9 Å². The molecule has 2 N–H and O–H groups in total. The Morgan fingerprint density at radius 1 is 1.06 bits per heavy atom. The molecule has 0 unspecified atom stereocenters. The van der Waals surface area contributed by atoms with E-state index >= 15 is 0 Å². The highest BCUT2D eigenvalue weighted by Gasteiger charge is 2.10. The first kappa shape index (κ1) is 12.3. The van der Waals surface area contributed by atoms with E-state index in [0.717, 1.165) is 37.9 Å². The predicted octanol–water partition coefficient (Wildman–Crippen LogP) is 1.55. The highest BCUT2D eigenvalue weighted by Crippen LogP contribution is 2.14. The van der Waals surface area contributed by atoms with Crippen molar-refractivity contribution in [3.05, 3.63) is 35.4 Å². The molecule has 3 nitrogen and oxygen atoms in total. The van der Waals surface area contributed by atoms with Gasteiger partial charge in [0.1, 0.15) is 0 Å². The van der Waals surface area contributed by atoms with Gasteiger partial charge in [0.25, 0.3) is 0 Å². The lowest BCUT2D eigenvalue weighted by Gasteiger charge is -2.16. The van der Waals surface area contributed by atoms with Gasteiger partial charge in [-0.25, -0.2) is 0 Å². The third kappa shape index (κ3) is 3.65. The maximum Gasteiger partial charge on any atom is 0.163 e. The van der Waals surface area contributed by atoms with Crippen LogP contribution in [0.15, 0.2) is 24.3 Å². The van der Waals surface area contributed by atoms with Crippen molar-refractivity contribution in [1.82, 2.24) is 5.32 Å². The fourth-order valence-electron chi connectivity index (χ4n) is 2.07. The lowest BCUT2D eigenvalue weighted by molar-refractivity contribution is 0.0984. The summed E-state index contributed by atoms with van der Waals surface area (Å²) in [6.07, 6.45) is 3.43. The maximum atomic E-state index is 11.1. The number of Topliss-reactive ketones (excluding diaryl/α,β-unsaturated/α-hetero) is 1. The van der Waals surface area contributed by atoms with Crippen molar-refractivity contribution in [1.29, 1.82) is 0 Å². The third-order valence-electron chi connectivity index (χ3n) is 3.23. The molecule has 0 aromatic heterocycles. The Kier molecular flexibility index (Phi) is 4.29. The molecule has 3 heteroatoms. The Labute approximate surface area is 102 Å². The van der Waals surface area contributed by atoms with Crippen molar-refractivity contribution in [2.24, 2.45) is 0 Å². The molecule has 1 saturated heterocycles. The number of aryl methyl sites for hydroxylation is 1. The van der Waals surface area contributed by atoms with Gasteiger partial charge in [-0.1, -0.05) is 24.3 Å². The summed E-state index contributed by atoms with van der Waals surface area (Å²) in [6, 6.07) is 7.87. The van der Waals surface area contributed by atoms with E-state index in [4.69, 9.17) is 5.11 Å². The smallest absolute Gasteiger partial charge is 0.163 e. The number of carbonyl (C=O) groups excluding carboxylic acids is 1. The molecule has 92 valence electrons. The molecule has 2 aliphatic carbocycles. The molecule has 0 atom stereocenters. The van der Waals surface area contributed by atoms with Crippen LogP contribution in [0.25, 0.3) is 0 Å². The second-order valence-corrected chi connectivity index (χ2v) is 4.60. The molecule has 0 amide bonds. The molecule has 0 saturated carbocycles. The average Bonchev–Trinajstić information content (AvgIpc) is 2.65. The molecule has 4 rings (SSSR count). The minimum Gasteiger partial charge on any atom is -0.393 e. The summed E-state index contributed by atoms with van der Waals surface area (Å²) < 4.78 is 0. The highest BCUT2D eigenvalue weighted by molar-refractivity contribution is 5.96. The van der Waals surface area contributed by atoms with Crippen LogP contribution in [0.3, 0.4) is 0 Å². The van der Waals surface area contributed by atoms with Gasteiger partial charge >= 0.3 is 0 Å². The number of hydrogen-bond acceptors (Lipinski definition) is 3. The van der Waals surface area contributed by atoms with Crippen LogP contribution in [0.4, 0.5) is 0 Å². The van der Waals surface area contributed by atoms with E-state index in [2.05, 4.69) is 5.32 Å². The maximum absolute atomic E-state index is 11.1. The fourth-order valence-corrected chi connectivity index (χ4v) is 2.07. The Morgan fingerprint density at radius 2 is 1.71 bits per heavy atom. The molecular formula is C14H19NO2. The fraction of sp³-hybridized carbons (Fsp3) is 0.500. The minimum atomic E-state index is -0.0266. The molecule has 1 aliphatic heterocycles. The highest BCUT2D eigenvalue weighted by atomic mass is 16.3. The second kappa shape index (κ2) is 5.94. The van der Waals surface area contributed by atoms with Crippen LogP contribution in [-0.4, -0.2) is 30.1 Å². The van der Waals surface area contributed by atoms with Gasteiger partial charge < -0.3 is 10.4 Å². The zero-order chi connectivity index (χ0) is 12.1. The number of rotatable bonds is 0. The molecule has 1 aromatic rings. The van der Waals surface area contributed by atoms with Crippen LogP contribution < -0.4 is 5.32 Å². The summed E-state index contributed by atoms with van der Waals surface area (Å²) >= 11 is 0. The molecule has 0 radical (unpaired) electrons. The number of ketones is 1. The predicted molar refractivity (Wildman–Crippen MR) is 67.2 cm³/mol. The van der Waals surface area contributed by atoms with Crippen LogP contribution in [-0.2, 0) is 6.42 Å². The first-order chi connectivity index (χ1) is 8.25. The summed E-state index contributed by atoms with van der Waals surface area (Å²) in [7, 11) is 0. The number of piperidine rings is 1. The first-order valence-electron chi connectivity index (χ1n) is 6.26. The molecule has 2 bridgehead atoms. The van der Waals surface area contributed by atoms with Gasteiger partial charge in [-0.05, 0) is 37.9 Å². The Bertz CT molecular complexity index is 366. The van der Waals surface area contributed by atoms with Gasteiger partial charge in [-0.3, -0.25) is 4.79 Å². The van der Waals surface area contributed by atoms with Crippen LogP contribution in [0.5, 0.6) is 0 Å². The first-order valence-corrected chi connectivity index (χ1v) is 6.26. The molecule has 3 aliphatic rings. The van der Waals surface area contributed by atoms with Crippen LogP contribution in [0, 0.1) is 0 Å². The lowest BCUT2D eigenvalue weighted by atomic mass is 10.1. The van der Waals surface area contributed by atoms with E-state index in [9.17, 15) is 4.79 Å². The quantitative estimate of drug-likeness (QED) is 0.714. The van der Waals surface area contributed by atoms with Gasteiger partial charge in [0.05, 0.1) is 6.10 Å². The molecule has 1 heterocycles. The molecule has 1 fully saturated rings. The van der Waals surface area contributed by atoms with Gasteiger partial charge in [-0.2, -0.15) is 0 Å². The Balaban J connectivity index is 0.000000136. The van der Waals surface area contributed by atoms with E-state index in [1.807, 2.05) is 24.3 Å². The van der Waals surface area contributed by atoms with Crippen molar-refractivity contribution < 1.29 is 9.90 Å². The van der Waals surface area contributed by atoms with Crippen molar-refractivity contribution in [2.75, 3.05) is 13.1 Å². The van der Waals surface area contributed by atoms with E-state index in [1.54, 1.807) is 0 Å². The number of aliphatic hydroxyl groups is 1. The van der Waals surface area contributed by atoms with Crippen LogP contribution in [0.1, 0.15) is 35.2 Å². The van der Waals surface area contributed by atoms with Crippen molar-refractivity contribution in [3.8, 4) is 0 Å². The normalized spacial score (nSPS) is 19.5. The van der Waals surface area contributed by atoms with E-state index < -0.39 is 0 Å².